The van der Waals surface area contributed by atoms with Crippen molar-refractivity contribution in [1.82, 2.24) is 0 Å². The minimum absolute atomic E-state index is 0.225. The third-order valence-electron chi connectivity index (χ3n) is 3.35. The molecule has 0 aliphatic carbocycles. The van der Waals surface area contributed by atoms with Crippen molar-refractivity contribution in [3.63, 3.8) is 0 Å². The molecule has 18 heavy (non-hydrogen) atoms. The Morgan fingerprint density at radius 1 is 1.11 bits per heavy atom. The maximum absolute atomic E-state index is 3.93. The van der Waals surface area contributed by atoms with Crippen LogP contribution in [0.5, 0.6) is 0 Å². The Morgan fingerprint density at radius 3 is 1.89 bits per heavy atom. The second-order valence-electron chi connectivity index (χ2n) is 7.37. The van der Waals surface area contributed by atoms with Gasteiger partial charge in [0.15, 0.2) is 0 Å². The Morgan fingerprint density at radius 2 is 1.61 bits per heavy atom. The second kappa shape index (κ2) is 6.41. The van der Waals surface area contributed by atoms with Crippen molar-refractivity contribution >= 4 is 0 Å². The third-order valence-corrected chi connectivity index (χ3v) is 3.35. The standard InChI is InChI=1S/C18H32/c1-10-14(3)15(12-13-17(4,5)6)16(11-2)18(7,8)9/h10,12-13,16H,1,11H2,2-9H3/b13-12-,15-14+. The first-order valence-electron chi connectivity index (χ1n) is 7.05. The first kappa shape index (κ1) is 17.2. The quantitative estimate of drug-likeness (QED) is 0.522. The van der Waals surface area contributed by atoms with Gasteiger partial charge in [0.1, 0.15) is 0 Å². The topological polar surface area (TPSA) is 0 Å². The third kappa shape index (κ3) is 5.71. The molecule has 0 amide bonds. The molecule has 0 heterocycles. The molecular formula is C18H32. The van der Waals surface area contributed by atoms with Gasteiger partial charge in [-0.25, -0.2) is 0 Å². The van der Waals surface area contributed by atoms with E-state index in [2.05, 4.69) is 74.1 Å². The SMILES string of the molecule is C=C/C(C)=C(\C=C/C(C)(C)C)C(CC)C(C)(C)C. The average molecular weight is 248 g/mol. The minimum Gasteiger partial charge on any atom is -0.0988 e. The van der Waals surface area contributed by atoms with Crippen LogP contribution in [-0.2, 0) is 0 Å². The molecule has 0 saturated heterocycles. The van der Waals surface area contributed by atoms with Crippen LogP contribution in [0.2, 0.25) is 0 Å². The zero-order chi connectivity index (χ0) is 14.6. The van der Waals surface area contributed by atoms with Gasteiger partial charge in [0, 0.05) is 0 Å². The summed E-state index contributed by atoms with van der Waals surface area (Å²) in [6, 6.07) is 0. The number of rotatable bonds is 4. The Bertz CT molecular complexity index is 326. The van der Waals surface area contributed by atoms with Crippen molar-refractivity contribution in [1.29, 1.82) is 0 Å². The van der Waals surface area contributed by atoms with E-state index in [4.69, 9.17) is 0 Å². The van der Waals surface area contributed by atoms with Crippen molar-refractivity contribution in [3.05, 3.63) is 36.0 Å². The zero-order valence-electron chi connectivity index (χ0n) is 13.7. The highest BCUT2D eigenvalue weighted by molar-refractivity contribution is 5.34. The van der Waals surface area contributed by atoms with Crippen molar-refractivity contribution in [2.24, 2.45) is 16.7 Å². The summed E-state index contributed by atoms with van der Waals surface area (Å²) in [6.07, 6.45) is 7.77. The normalized spacial score (nSPS) is 16.7. The molecule has 0 N–H and O–H groups in total. The highest BCUT2D eigenvalue weighted by atomic mass is 14.3. The Balaban J connectivity index is 5.53. The van der Waals surface area contributed by atoms with E-state index >= 15 is 0 Å². The highest BCUT2D eigenvalue weighted by Crippen LogP contribution is 2.37. The molecule has 0 aromatic heterocycles. The van der Waals surface area contributed by atoms with E-state index in [-0.39, 0.29) is 10.8 Å². The van der Waals surface area contributed by atoms with E-state index in [1.54, 1.807) is 0 Å². The molecule has 0 aromatic rings. The van der Waals surface area contributed by atoms with Gasteiger partial charge < -0.3 is 0 Å². The molecule has 0 radical (unpaired) electrons. The van der Waals surface area contributed by atoms with Gasteiger partial charge >= 0.3 is 0 Å². The highest BCUT2D eigenvalue weighted by Gasteiger charge is 2.26. The molecule has 0 aromatic carbocycles. The number of hydrogen-bond acceptors (Lipinski definition) is 0. The summed E-state index contributed by atoms with van der Waals surface area (Å²) in [4.78, 5) is 0. The molecule has 0 fully saturated rings. The molecule has 1 unspecified atom stereocenters. The maximum Gasteiger partial charge on any atom is -0.0113 e. The van der Waals surface area contributed by atoms with Gasteiger partial charge in [-0.05, 0) is 41.2 Å². The maximum atomic E-state index is 3.93. The van der Waals surface area contributed by atoms with E-state index in [0.717, 1.165) is 0 Å². The van der Waals surface area contributed by atoms with Crippen LogP contribution in [0.4, 0.5) is 0 Å². The van der Waals surface area contributed by atoms with Crippen molar-refractivity contribution in [3.8, 4) is 0 Å². The van der Waals surface area contributed by atoms with Crippen LogP contribution in [0.25, 0.3) is 0 Å². The van der Waals surface area contributed by atoms with Crippen LogP contribution in [0, 0.1) is 16.7 Å². The summed E-state index contributed by atoms with van der Waals surface area (Å²) in [7, 11) is 0. The van der Waals surface area contributed by atoms with Crippen LogP contribution in [0.3, 0.4) is 0 Å². The minimum atomic E-state index is 0.225. The summed E-state index contributed by atoms with van der Waals surface area (Å²) >= 11 is 0. The first-order chi connectivity index (χ1) is 8.03. The summed E-state index contributed by atoms with van der Waals surface area (Å²) in [5, 5.41) is 0. The molecule has 0 bridgehead atoms. The predicted molar refractivity (Wildman–Crippen MR) is 84.7 cm³/mol. The molecule has 0 rings (SSSR count). The number of hydrogen-bond donors (Lipinski definition) is 0. The number of allylic oxidation sites excluding steroid dienone is 5. The fourth-order valence-electron chi connectivity index (χ4n) is 2.28. The van der Waals surface area contributed by atoms with Crippen molar-refractivity contribution < 1.29 is 0 Å². The van der Waals surface area contributed by atoms with E-state index in [0.29, 0.717) is 5.92 Å². The van der Waals surface area contributed by atoms with E-state index in [1.807, 2.05) is 6.08 Å². The fourth-order valence-corrected chi connectivity index (χ4v) is 2.28. The lowest BCUT2D eigenvalue weighted by Crippen LogP contribution is -2.22. The van der Waals surface area contributed by atoms with Crippen LogP contribution < -0.4 is 0 Å². The summed E-state index contributed by atoms with van der Waals surface area (Å²) in [6.45, 7) is 22.1. The van der Waals surface area contributed by atoms with Crippen LogP contribution in [0.15, 0.2) is 36.0 Å². The second-order valence-corrected chi connectivity index (χ2v) is 7.37. The lowest BCUT2D eigenvalue weighted by molar-refractivity contribution is 0.275. The Labute approximate surface area is 115 Å². The molecule has 0 nitrogen and oxygen atoms in total. The fraction of sp³-hybridized carbons (Fsp3) is 0.667. The predicted octanol–water partition coefficient (Wildman–Crippen LogP) is 6.16. The van der Waals surface area contributed by atoms with Crippen LogP contribution in [0.1, 0.15) is 61.8 Å². The molecular weight excluding hydrogens is 216 g/mol. The molecule has 104 valence electrons. The molecule has 0 saturated carbocycles. The monoisotopic (exact) mass is 248 g/mol. The Hall–Kier alpha value is -0.780. The van der Waals surface area contributed by atoms with E-state index < -0.39 is 0 Å². The van der Waals surface area contributed by atoms with Gasteiger partial charge in [-0.15, -0.1) is 0 Å². The summed E-state index contributed by atoms with van der Waals surface area (Å²) in [5.74, 6) is 0.578. The lowest BCUT2D eigenvalue weighted by atomic mass is 9.73. The summed E-state index contributed by atoms with van der Waals surface area (Å²) in [5.41, 5.74) is 3.26. The van der Waals surface area contributed by atoms with Crippen LogP contribution in [-0.4, -0.2) is 0 Å². The smallest absolute Gasteiger partial charge is 0.0113 e. The van der Waals surface area contributed by atoms with Gasteiger partial charge in [-0.2, -0.15) is 0 Å². The van der Waals surface area contributed by atoms with Gasteiger partial charge in [0.05, 0.1) is 0 Å². The zero-order valence-corrected chi connectivity index (χ0v) is 13.7. The van der Waals surface area contributed by atoms with E-state index in [9.17, 15) is 0 Å². The van der Waals surface area contributed by atoms with Crippen molar-refractivity contribution in [2.45, 2.75) is 61.8 Å². The molecule has 1 atom stereocenters. The van der Waals surface area contributed by atoms with Gasteiger partial charge in [-0.3, -0.25) is 0 Å². The molecule has 0 spiro atoms. The largest absolute Gasteiger partial charge is 0.0988 e. The summed E-state index contributed by atoms with van der Waals surface area (Å²) < 4.78 is 0. The lowest BCUT2D eigenvalue weighted by Gasteiger charge is -2.32. The first-order valence-corrected chi connectivity index (χ1v) is 7.05. The van der Waals surface area contributed by atoms with Gasteiger partial charge in [-0.1, -0.05) is 73.3 Å². The molecule has 0 heteroatoms. The van der Waals surface area contributed by atoms with E-state index in [1.165, 1.54) is 17.6 Å². The van der Waals surface area contributed by atoms with Gasteiger partial charge in [0.25, 0.3) is 0 Å². The van der Waals surface area contributed by atoms with Crippen LogP contribution >= 0.6 is 0 Å². The molecule has 0 aliphatic heterocycles. The van der Waals surface area contributed by atoms with Gasteiger partial charge in [0.2, 0.25) is 0 Å². The Kier molecular flexibility index (Phi) is 6.13. The van der Waals surface area contributed by atoms with Crippen molar-refractivity contribution in [2.75, 3.05) is 0 Å². The molecule has 0 aliphatic rings. The average Bonchev–Trinajstić information content (AvgIpc) is 2.19.